The van der Waals surface area contributed by atoms with Gasteiger partial charge in [0.1, 0.15) is 0 Å². The molecule has 0 amide bonds. The topological polar surface area (TPSA) is 6.48 Å². The van der Waals surface area contributed by atoms with Gasteiger partial charge in [-0.3, -0.25) is 4.90 Å². The monoisotopic (exact) mass is 340 g/mol. The molecule has 2 nitrogen and oxygen atoms in total. The van der Waals surface area contributed by atoms with E-state index in [1.807, 2.05) is 12.1 Å². The van der Waals surface area contributed by atoms with Crippen molar-refractivity contribution in [3.8, 4) is 0 Å². The van der Waals surface area contributed by atoms with Crippen LogP contribution in [-0.2, 0) is 6.54 Å². The third-order valence-corrected chi connectivity index (χ3v) is 5.67. The predicted molar refractivity (Wildman–Crippen MR) is 94.7 cm³/mol. The van der Waals surface area contributed by atoms with Crippen LogP contribution in [0.4, 0.5) is 0 Å². The molecule has 1 aromatic rings. The highest BCUT2D eigenvalue weighted by Crippen LogP contribution is 2.33. The molecule has 4 rings (SSSR count). The van der Waals surface area contributed by atoms with Gasteiger partial charge in [0.25, 0.3) is 0 Å². The molecule has 3 aliphatic heterocycles. The van der Waals surface area contributed by atoms with Crippen LogP contribution in [0.15, 0.2) is 18.2 Å². The zero-order valence-corrected chi connectivity index (χ0v) is 15.1. The first-order chi connectivity index (χ1) is 10.5. The molecule has 1 aromatic carbocycles. The summed E-state index contributed by atoms with van der Waals surface area (Å²) in [5.41, 5.74) is 1.20. The van der Waals surface area contributed by atoms with E-state index < -0.39 is 0 Å². The van der Waals surface area contributed by atoms with Crippen molar-refractivity contribution in [3.05, 3.63) is 33.8 Å². The number of halogens is 2. The molecule has 3 heterocycles. The van der Waals surface area contributed by atoms with Crippen LogP contribution in [-0.4, -0.2) is 42.0 Å². The number of rotatable bonds is 5. The van der Waals surface area contributed by atoms with Crippen molar-refractivity contribution < 1.29 is 0 Å². The zero-order valence-electron chi connectivity index (χ0n) is 13.6. The van der Waals surface area contributed by atoms with E-state index in [2.05, 4.69) is 29.7 Å². The van der Waals surface area contributed by atoms with Gasteiger partial charge in [-0.05, 0) is 55.5 Å². The minimum absolute atomic E-state index is 0.668. The lowest BCUT2D eigenvalue weighted by molar-refractivity contribution is -0.00338. The zero-order chi connectivity index (χ0) is 15.7. The van der Waals surface area contributed by atoms with Crippen LogP contribution < -0.4 is 0 Å². The van der Waals surface area contributed by atoms with E-state index in [0.717, 1.165) is 24.0 Å². The van der Waals surface area contributed by atoms with Crippen molar-refractivity contribution in [1.82, 2.24) is 9.80 Å². The lowest BCUT2D eigenvalue weighted by Gasteiger charge is -2.49. The third-order valence-electron chi connectivity index (χ3n) is 5.08. The molecule has 3 aliphatic rings. The van der Waals surface area contributed by atoms with Gasteiger partial charge in [-0.2, -0.15) is 0 Å². The second-order valence-corrected chi connectivity index (χ2v) is 8.11. The van der Waals surface area contributed by atoms with E-state index in [0.29, 0.717) is 17.0 Å². The van der Waals surface area contributed by atoms with Crippen molar-refractivity contribution in [3.63, 3.8) is 0 Å². The largest absolute Gasteiger partial charge is 0.302 e. The van der Waals surface area contributed by atoms with Crippen molar-refractivity contribution in [1.29, 1.82) is 0 Å². The fraction of sp³-hybridized carbons (Fsp3) is 0.667. The van der Waals surface area contributed by atoms with Gasteiger partial charge in [0.2, 0.25) is 0 Å². The van der Waals surface area contributed by atoms with Gasteiger partial charge in [-0.1, -0.05) is 43.1 Å². The van der Waals surface area contributed by atoms with E-state index in [1.165, 1.54) is 38.0 Å². The molecule has 1 unspecified atom stereocenters. The van der Waals surface area contributed by atoms with E-state index in [4.69, 9.17) is 23.2 Å². The lowest BCUT2D eigenvalue weighted by atomic mass is 9.82. The molecule has 3 saturated heterocycles. The molecule has 0 saturated carbocycles. The SMILES string of the molecule is CC(C)CN(Cc1ccc(Cl)cc1Cl)C1CN2CCC1CC2. The lowest BCUT2D eigenvalue weighted by Crippen LogP contribution is -2.57. The number of piperidine rings is 3. The summed E-state index contributed by atoms with van der Waals surface area (Å²) in [6.07, 6.45) is 2.71. The normalized spacial score (nSPS) is 27.8. The Morgan fingerprint density at radius 2 is 1.95 bits per heavy atom. The summed E-state index contributed by atoms with van der Waals surface area (Å²) >= 11 is 12.4. The molecule has 3 fully saturated rings. The van der Waals surface area contributed by atoms with Crippen molar-refractivity contribution >= 4 is 23.2 Å². The predicted octanol–water partition coefficient (Wildman–Crippen LogP) is 4.55. The molecule has 0 spiro atoms. The van der Waals surface area contributed by atoms with E-state index in [1.54, 1.807) is 0 Å². The first-order valence-corrected chi connectivity index (χ1v) is 9.19. The molecule has 0 aliphatic carbocycles. The average Bonchev–Trinajstić information content (AvgIpc) is 2.50. The fourth-order valence-corrected chi connectivity index (χ4v) is 4.47. The number of benzene rings is 1. The minimum atomic E-state index is 0.668. The van der Waals surface area contributed by atoms with E-state index in [9.17, 15) is 0 Å². The van der Waals surface area contributed by atoms with E-state index in [-0.39, 0.29) is 0 Å². The number of nitrogens with zero attached hydrogens (tertiary/aromatic N) is 2. The van der Waals surface area contributed by atoms with Crippen LogP contribution in [0.25, 0.3) is 0 Å². The van der Waals surface area contributed by atoms with Crippen molar-refractivity contribution in [2.45, 2.75) is 39.3 Å². The summed E-state index contributed by atoms with van der Waals surface area (Å²) in [6.45, 7) is 10.5. The standard InChI is InChI=1S/C18H26Cl2N2/c1-13(2)10-22(11-15-3-4-16(19)9-17(15)20)18-12-21-7-5-14(18)6-8-21/h3-4,9,13-14,18H,5-8,10-12H2,1-2H3. The second kappa shape index (κ2) is 7.09. The highest BCUT2D eigenvalue weighted by atomic mass is 35.5. The van der Waals surface area contributed by atoms with Crippen LogP contribution in [0.2, 0.25) is 10.0 Å². The Morgan fingerprint density at radius 3 is 2.50 bits per heavy atom. The second-order valence-electron chi connectivity index (χ2n) is 7.26. The van der Waals surface area contributed by atoms with Crippen molar-refractivity contribution in [2.75, 3.05) is 26.2 Å². The van der Waals surface area contributed by atoms with Gasteiger partial charge in [-0.15, -0.1) is 0 Å². The molecule has 0 radical (unpaired) electrons. The Labute approximate surface area is 144 Å². The third kappa shape index (κ3) is 3.79. The highest BCUT2D eigenvalue weighted by Gasteiger charge is 2.37. The highest BCUT2D eigenvalue weighted by molar-refractivity contribution is 6.35. The smallest absolute Gasteiger partial charge is 0.0465 e. The van der Waals surface area contributed by atoms with Crippen LogP contribution in [0.3, 0.4) is 0 Å². The van der Waals surface area contributed by atoms with Gasteiger partial charge in [0, 0.05) is 35.7 Å². The first-order valence-electron chi connectivity index (χ1n) is 8.43. The molecule has 0 aromatic heterocycles. The molecule has 2 bridgehead atoms. The quantitative estimate of drug-likeness (QED) is 0.775. The van der Waals surface area contributed by atoms with Gasteiger partial charge in [0.15, 0.2) is 0 Å². The minimum Gasteiger partial charge on any atom is -0.302 e. The summed E-state index contributed by atoms with van der Waals surface area (Å²) in [4.78, 5) is 5.29. The first kappa shape index (κ1) is 16.6. The summed E-state index contributed by atoms with van der Waals surface area (Å²) in [5.74, 6) is 1.52. The van der Waals surface area contributed by atoms with Crippen LogP contribution in [0, 0.1) is 11.8 Å². The maximum atomic E-state index is 6.41. The van der Waals surface area contributed by atoms with Gasteiger partial charge in [-0.25, -0.2) is 0 Å². The van der Waals surface area contributed by atoms with Gasteiger partial charge < -0.3 is 4.90 Å². The van der Waals surface area contributed by atoms with Gasteiger partial charge in [0.05, 0.1) is 0 Å². The summed E-state index contributed by atoms with van der Waals surface area (Å²) in [7, 11) is 0. The molecule has 1 atom stereocenters. The summed E-state index contributed by atoms with van der Waals surface area (Å²) < 4.78 is 0. The number of fused-ring (bicyclic) bond motifs is 3. The van der Waals surface area contributed by atoms with Crippen LogP contribution in [0.5, 0.6) is 0 Å². The maximum absolute atomic E-state index is 6.41. The summed E-state index contributed by atoms with van der Waals surface area (Å²) in [6, 6.07) is 6.57. The Balaban J connectivity index is 1.77. The number of hydrogen-bond acceptors (Lipinski definition) is 2. The average molecular weight is 341 g/mol. The molecule has 4 heteroatoms. The number of hydrogen-bond donors (Lipinski definition) is 0. The maximum Gasteiger partial charge on any atom is 0.0465 e. The van der Waals surface area contributed by atoms with Crippen molar-refractivity contribution in [2.24, 2.45) is 11.8 Å². The Hall–Kier alpha value is -0.280. The Morgan fingerprint density at radius 1 is 1.23 bits per heavy atom. The molecular formula is C18H26Cl2N2. The molecule has 0 N–H and O–H groups in total. The van der Waals surface area contributed by atoms with Crippen LogP contribution in [0.1, 0.15) is 32.3 Å². The Kier molecular flexibility index (Phi) is 5.34. The molecular weight excluding hydrogens is 315 g/mol. The van der Waals surface area contributed by atoms with E-state index >= 15 is 0 Å². The van der Waals surface area contributed by atoms with Crippen LogP contribution >= 0.6 is 23.2 Å². The fourth-order valence-electron chi connectivity index (χ4n) is 4.00. The Bertz CT molecular complexity index is 510. The molecule has 122 valence electrons. The summed E-state index contributed by atoms with van der Waals surface area (Å²) in [5, 5.41) is 1.51. The van der Waals surface area contributed by atoms with Gasteiger partial charge >= 0.3 is 0 Å². The molecule has 22 heavy (non-hydrogen) atoms.